The van der Waals surface area contributed by atoms with Crippen LogP contribution in [-0.4, -0.2) is 52.4 Å². The molecule has 0 radical (unpaired) electrons. The standard InChI is InChI=1S/C23H12F18N2O3/c24-18(25,26)15(44,19(27,28)29)8-5-7-2-1-6-3-4-9(42)12(16(45,20(30,31)32)21(33,34)35)10(6)11(7)13(14(8)43)17(46,22(36,37)38)23(39,40)41/h1-5,44-46H,42-43H2. The van der Waals surface area contributed by atoms with Crippen molar-refractivity contribution in [1.29, 1.82) is 0 Å². The van der Waals surface area contributed by atoms with E-state index in [0.717, 1.165) is 0 Å². The number of halogens is 18. The van der Waals surface area contributed by atoms with Crippen LogP contribution < -0.4 is 11.5 Å². The van der Waals surface area contributed by atoms with Gasteiger partial charge in [0.1, 0.15) is 0 Å². The molecule has 23 heteroatoms. The molecular weight excluding hydrogens is 694 g/mol. The number of alkyl halides is 18. The van der Waals surface area contributed by atoms with Crippen LogP contribution in [-0.2, 0) is 16.8 Å². The van der Waals surface area contributed by atoms with Crippen molar-refractivity contribution in [3.05, 3.63) is 47.0 Å². The van der Waals surface area contributed by atoms with E-state index in [2.05, 4.69) is 0 Å². The average molecular weight is 706 g/mol. The van der Waals surface area contributed by atoms with E-state index >= 15 is 0 Å². The Morgan fingerprint density at radius 3 is 1.09 bits per heavy atom. The number of aliphatic hydroxyl groups is 3. The van der Waals surface area contributed by atoms with E-state index in [1.807, 2.05) is 0 Å². The summed E-state index contributed by atoms with van der Waals surface area (Å²) in [5.74, 6) is 0. The molecule has 0 aromatic heterocycles. The van der Waals surface area contributed by atoms with Crippen LogP contribution in [0.3, 0.4) is 0 Å². The first-order chi connectivity index (χ1) is 20.1. The van der Waals surface area contributed by atoms with E-state index in [-0.39, 0.29) is 18.2 Å². The number of anilines is 2. The molecule has 0 heterocycles. The lowest BCUT2D eigenvalue weighted by atomic mass is 9.77. The van der Waals surface area contributed by atoms with Gasteiger partial charge < -0.3 is 26.8 Å². The smallest absolute Gasteiger partial charge is 0.398 e. The van der Waals surface area contributed by atoms with Gasteiger partial charge in [0, 0.05) is 28.1 Å². The van der Waals surface area contributed by atoms with E-state index < -0.39 is 110 Å². The van der Waals surface area contributed by atoms with Crippen molar-refractivity contribution in [3.63, 3.8) is 0 Å². The number of fused-ring (bicyclic) bond motifs is 3. The highest BCUT2D eigenvalue weighted by molar-refractivity contribution is 6.14. The van der Waals surface area contributed by atoms with Gasteiger partial charge in [0.05, 0.1) is 0 Å². The number of hydrogen-bond donors (Lipinski definition) is 5. The van der Waals surface area contributed by atoms with Gasteiger partial charge >= 0.3 is 37.1 Å². The molecule has 0 saturated carbocycles. The third kappa shape index (κ3) is 4.79. The summed E-state index contributed by atoms with van der Waals surface area (Å²) in [6.45, 7) is 0. The molecule has 3 aromatic carbocycles. The summed E-state index contributed by atoms with van der Waals surface area (Å²) in [5.41, 5.74) is -23.6. The topological polar surface area (TPSA) is 113 Å². The van der Waals surface area contributed by atoms with Crippen LogP contribution in [0.1, 0.15) is 16.7 Å². The highest BCUT2D eigenvalue weighted by atomic mass is 19.4. The molecule has 0 fully saturated rings. The second kappa shape index (κ2) is 9.95. The van der Waals surface area contributed by atoms with Crippen molar-refractivity contribution in [2.24, 2.45) is 0 Å². The Hall–Kier alpha value is -3.60. The summed E-state index contributed by atoms with van der Waals surface area (Å²) in [7, 11) is 0. The summed E-state index contributed by atoms with van der Waals surface area (Å²) in [6, 6.07) is -0.0522. The lowest BCUT2D eigenvalue weighted by molar-refractivity contribution is -0.377. The molecule has 0 atom stereocenters. The molecule has 0 aliphatic heterocycles. The fourth-order valence-electron chi connectivity index (χ4n) is 4.76. The number of nitrogens with two attached hydrogens (primary N) is 2. The Morgan fingerprint density at radius 2 is 0.717 bits per heavy atom. The van der Waals surface area contributed by atoms with Gasteiger partial charge in [-0.2, -0.15) is 79.0 Å². The number of rotatable bonds is 3. The van der Waals surface area contributed by atoms with Gasteiger partial charge in [0.25, 0.3) is 16.8 Å². The third-order valence-electron chi connectivity index (χ3n) is 6.94. The maximum absolute atomic E-state index is 14.1. The first-order valence-corrected chi connectivity index (χ1v) is 11.3. The maximum atomic E-state index is 14.1. The minimum atomic E-state index is -7.33. The molecule has 0 aliphatic carbocycles. The Labute approximate surface area is 240 Å². The van der Waals surface area contributed by atoms with Crippen molar-refractivity contribution in [1.82, 2.24) is 0 Å². The lowest BCUT2D eigenvalue weighted by Gasteiger charge is -2.39. The van der Waals surface area contributed by atoms with Crippen LogP contribution in [0.4, 0.5) is 90.4 Å². The first kappa shape index (κ1) is 36.9. The van der Waals surface area contributed by atoms with Crippen LogP contribution >= 0.6 is 0 Å². The van der Waals surface area contributed by atoms with Gasteiger partial charge in [-0.1, -0.05) is 18.2 Å². The van der Waals surface area contributed by atoms with Gasteiger partial charge in [-0.3, -0.25) is 0 Å². The Kier molecular flexibility index (Phi) is 7.98. The van der Waals surface area contributed by atoms with Crippen LogP contribution in [0.25, 0.3) is 21.5 Å². The van der Waals surface area contributed by atoms with Crippen molar-refractivity contribution in [3.8, 4) is 0 Å². The van der Waals surface area contributed by atoms with E-state index in [9.17, 15) is 94.3 Å². The van der Waals surface area contributed by atoms with E-state index in [0.29, 0.717) is 6.07 Å². The minimum Gasteiger partial charge on any atom is -0.398 e. The SMILES string of the molecule is Nc1ccc2ccc3cc(C(O)(C(F)(F)F)C(F)(F)F)c(N)c(C(O)(C(F)(F)F)C(F)(F)F)c3c2c1C(O)(C(F)(F)F)C(F)(F)F. The van der Waals surface area contributed by atoms with Crippen molar-refractivity contribution < 1.29 is 94.3 Å². The van der Waals surface area contributed by atoms with Gasteiger partial charge in [0.15, 0.2) is 0 Å². The monoisotopic (exact) mass is 706 g/mol. The van der Waals surface area contributed by atoms with Gasteiger partial charge in [-0.15, -0.1) is 0 Å². The van der Waals surface area contributed by atoms with Crippen molar-refractivity contribution in [2.75, 3.05) is 11.5 Å². The molecule has 0 saturated heterocycles. The summed E-state index contributed by atoms with van der Waals surface area (Å²) in [5, 5.41) is 22.2. The zero-order chi connectivity index (χ0) is 36.2. The largest absolute Gasteiger partial charge is 0.430 e. The summed E-state index contributed by atoms with van der Waals surface area (Å²) in [4.78, 5) is 0. The predicted octanol–water partition coefficient (Wildman–Crippen LogP) is 7.09. The summed E-state index contributed by atoms with van der Waals surface area (Å²) >= 11 is 0. The first-order valence-electron chi connectivity index (χ1n) is 11.3. The molecule has 0 amide bonds. The van der Waals surface area contributed by atoms with E-state index in [1.54, 1.807) is 0 Å². The van der Waals surface area contributed by atoms with Gasteiger partial charge in [0.2, 0.25) is 0 Å². The second-order valence-electron chi connectivity index (χ2n) is 9.62. The number of nitrogen functional groups attached to an aromatic ring is 2. The molecule has 46 heavy (non-hydrogen) atoms. The Balaban J connectivity index is 2.99. The van der Waals surface area contributed by atoms with Gasteiger partial charge in [-0.25, -0.2) is 0 Å². The predicted molar refractivity (Wildman–Crippen MR) is 118 cm³/mol. The molecule has 0 bridgehead atoms. The fraction of sp³-hybridized carbons (Fsp3) is 0.391. The van der Waals surface area contributed by atoms with E-state index in [4.69, 9.17) is 11.5 Å². The zero-order valence-electron chi connectivity index (χ0n) is 21.2. The normalized spacial score (nSPS) is 15.2. The summed E-state index contributed by atoms with van der Waals surface area (Å²) in [6.07, 6.45) is -42.8. The van der Waals surface area contributed by atoms with Crippen LogP contribution in [0.5, 0.6) is 0 Å². The molecule has 0 aliphatic rings. The highest BCUT2D eigenvalue weighted by Gasteiger charge is 2.76. The van der Waals surface area contributed by atoms with Crippen molar-refractivity contribution in [2.45, 2.75) is 53.9 Å². The maximum Gasteiger partial charge on any atom is 0.430 e. The molecule has 0 spiro atoms. The Morgan fingerprint density at radius 1 is 0.413 bits per heavy atom. The summed E-state index contributed by atoms with van der Waals surface area (Å²) < 4.78 is 251. The molecule has 7 N–H and O–H groups in total. The minimum absolute atomic E-state index is 0.0185. The van der Waals surface area contributed by atoms with Crippen LogP contribution in [0.15, 0.2) is 30.3 Å². The fourth-order valence-corrected chi connectivity index (χ4v) is 4.76. The van der Waals surface area contributed by atoms with Crippen molar-refractivity contribution >= 4 is 32.9 Å². The van der Waals surface area contributed by atoms with Crippen LogP contribution in [0.2, 0.25) is 0 Å². The second-order valence-corrected chi connectivity index (χ2v) is 9.62. The molecular formula is C23H12F18N2O3. The van der Waals surface area contributed by atoms with Gasteiger partial charge in [-0.05, 0) is 33.7 Å². The zero-order valence-corrected chi connectivity index (χ0v) is 21.2. The van der Waals surface area contributed by atoms with E-state index in [1.165, 1.54) is 0 Å². The molecule has 0 unspecified atom stereocenters. The number of benzene rings is 3. The molecule has 258 valence electrons. The third-order valence-corrected chi connectivity index (χ3v) is 6.94. The molecule has 3 aromatic rings. The number of hydrogen-bond acceptors (Lipinski definition) is 5. The lowest BCUT2D eigenvalue weighted by Crippen LogP contribution is -2.56. The molecule has 5 nitrogen and oxygen atoms in total. The molecule has 3 rings (SSSR count). The highest BCUT2D eigenvalue weighted by Crippen LogP contribution is 2.60. The quantitative estimate of drug-likeness (QED) is 0.114. The van der Waals surface area contributed by atoms with Crippen LogP contribution in [0, 0.1) is 0 Å². The average Bonchev–Trinajstić information content (AvgIpc) is 2.82. The Bertz CT molecular complexity index is 1640.